The van der Waals surface area contributed by atoms with Crippen molar-refractivity contribution in [3.8, 4) is 23.0 Å². The van der Waals surface area contributed by atoms with Gasteiger partial charge in [-0.1, -0.05) is 30.3 Å². The highest BCUT2D eigenvalue weighted by Crippen LogP contribution is 2.25. The van der Waals surface area contributed by atoms with Gasteiger partial charge in [0.25, 0.3) is 5.89 Å². The standard InChI is InChI=1S/C12H8N2O2/c1-2-4-9(5-3-1)10-7-14-12(16-10)11-6-13-8-15-11/h1-8H. The number of rotatable bonds is 2. The lowest BCUT2D eigenvalue weighted by atomic mass is 10.2. The first-order valence-corrected chi connectivity index (χ1v) is 4.83. The lowest BCUT2D eigenvalue weighted by molar-refractivity contribution is 0.520. The largest absolute Gasteiger partial charge is 0.438 e. The molecule has 0 saturated heterocycles. The van der Waals surface area contributed by atoms with Crippen molar-refractivity contribution < 1.29 is 8.83 Å². The van der Waals surface area contributed by atoms with Crippen LogP contribution in [-0.2, 0) is 0 Å². The number of nitrogens with zero attached hydrogens (tertiary/aromatic N) is 2. The van der Waals surface area contributed by atoms with Crippen LogP contribution < -0.4 is 0 Å². The van der Waals surface area contributed by atoms with E-state index in [1.165, 1.54) is 6.39 Å². The average Bonchev–Trinajstić information content (AvgIpc) is 3.01. The fraction of sp³-hybridized carbons (Fsp3) is 0. The number of aromatic nitrogens is 2. The summed E-state index contributed by atoms with van der Waals surface area (Å²) in [5, 5.41) is 0. The van der Waals surface area contributed by atoms with Gasteiger partial charge in [0.05, 0.1) is 12.4 Å². The van der Waals surface area contributed by atoms with Gasteiger partial charge in [0.15, 0.2) is 12.2 Å². The van der Waals surface area contributed by atoms with E-state index in [4.69, 9.17) is 8.83 Å². The number of oxazole rings is 2. The van der Waals surface area contributed by atoms with Crippen LogP contribution in [0, 0.1) is 0 Å². The summed E-state index contributed by atoms with van der Waals surface area (Å²) in [6, 6.07) is 9.78. The van der Waals surface area contributed by atoms with Crippen molar-refractivity contribution in [2.24, 2.45) is 0 Å². The molecular formula is C12H8N2O2. The quantitative estimate of drug-likeness (QED) is 0.655. The van der Waals surface area contributed by atoms with Gasteiger partial charge in [-0.15, -0.1) is 0 Å². The minimum absolute atomic E-state index is 0.441. The van der Waals surface area contributed by atoms with Crippen molar-refractivity contribution >= 4 is 0 Å². The fourth-order valence-electron chi connectivity index (χ4n) is 1.45. The molecule has 2 heterocycles. The summed E-state index contributed by atoms with van der Waals surface area (Å²) in [4.78, 5) is 7.95. The normalized spacial score (nSPS) is 10.5. The molecule has 16 heavy (non-hydrogen) atoms. The molecule has 1 aromatic carbocycles. The van der Waals surface area contributed by atoms with Crippen molar-refractivity contribution in [2.45, 2.75) is 0 Å². The second-order valence-electron chi connectivity index (χ2n) is 3.26. The molecule has 78 valence electrons. The van der Waals surface area contributed by atoms with E-state index in [2.05, 4.69) is 9.97 Å². The maximum atomic E-state index is 5.57. The van der Waals surface area contributed by atoms with E-state index < -0.39 is 0 Å². The maximum absolute atomic E-state index is 5.57. The Bertz CT molecular complexity index is 570. The Labute approximate surface area is 91.6 Å². The molecule has 0 N–H and O–H groups in total. The molecule has 0 atom stereocenters. The predicted octanol–water partition coefficient (Wildman–Crippen LogP) is 3.00. The summed E-state index contributed by atoms with van der Waals surface area (Å²) in [5.41, 5.74) is 0.987. The molecule has 0 spiro atoms. The van der Waals surface area contributed by atoms with Gasteiger partial charge in [-0.05, 0) is 0 Å². The first-order chi connectivity index (χ1) is 7.93. The number of hydrogen-bond acceptors (Lipinski definition) is 4. The molecule has 0 aliphatic rings. The van der Waals surface area contributed by atoms with Gasteiger partial charge < -0.3 is 8.83 Å². The molecule has 0 fully saturated rings. The molecule has 0 amide bonds. The zero-order chi connectivity index (χ0) is 10.8. The summed E-state index contributed by atoms with van der Waals surface area (Å²) in [6.45, 7) is 0. The summed E-state index contributed by atoms with van der Waals surface area (Å²) < 4.78 is 10.7. The lowest BCUT2D eigenvalue weighted by Crippen LogP contribution is -1.70. The van der Waals surface area contributed by atoms with Crippen LogP contribution in [0.5, 0.6) is 0 Å². The zero-order valence-electron chi connectivity index (χ0n) is 8.33. The van der Waals surface area contributed by atoms with E-state index in [0.29, 0.717) is 17.4 Å². The second-order valence-corrected chi connectivity index (χ2v) is 3.26. The third-order valence-corrected chi connectivity index (χ3v) is 2.21. The molecular weight excluding hydrogens is 204 g/mol. The molecule has 0 saturated carbocycles. The van der Waals surface area contributed by atoms with Crippen LogP contribution in [0.3, 0.4) is 0 Å². The molecule has 3 aromatic rings. The van der Waals surface area contributed by atoms with Crippen molar-refractivity contribution in [1.82, 2.24) is 9.97 Å². The Morgan fingerprint density at radius 3 is 2.56 bits per heavy atom. The third-order valence-electron chi connectivity index (χ3n) is 2.21. The Morgan fingerprint density at radius 2 is 1.81 bits per heavy atom. The lowest BCUT2D eigenvalue weighted by Gasteiger charge is -1.93. The molecule has 4 nitrogen and oxygen atoms in total. The summed E-state index contributed by atoms with van der Waals surface area (Å²) in [7, 11) is 0. The number of benzene rings is 1. The average molecular weight is 212 g/mol. The van der Waals surface area contributed by atoms with E-state index in [-0.39, 0.29) is 0 Å². The maximum Gasteiger partial charge on any atom is 0.265 e. The van der Waals surface area contributed by atoms with Crippen LogP contribution in [0.25, 0.3) is 23.0 Å². The van der Waals surface area contributed by atoms with Gasteiger partial charge in [-0.2, -0.15) is 0 Å². The zero-order valence-corrected chi connectivity index (χ0v) is 8.33. The third kappa shape index (κ3) is 1.50. The molecule has 0 aliphatic heterocycles. The molecule has 4 heteroatoms. The van der Waals surface area contributed by atoms with Crippen molar-refractivity contribution in [3.63, 3.8) is 0 Å². The van der Waals surface area contributed by atoms with E-state index >= 15 is 0 Å². The molecule has 2 aromatic heterocycles. The topological polar surface area (TPSA) is 52.1 Å². The van der Waals surface area contributed by atoms with Crippen molar-refractivity contribution in [3.05, 3.63) is 49.1 Å². The van der Waals surface area contributed by atoms with Crippen LogP contribution in [0.15, 0.2) is 58.0 Å². The van der Waals surface area contributed by atoms with Gasteiger partial charge >= 0.3 is 0 Å². The van der Waals surface area contributed by atoms with Crippen LogP contribution in [-0.4, -0.2) is 9.97 Å². The molecule has 3 rings (SSSR count). The van der Waals surface area contributed by atoms with Crippen LogP contribution in [0.4, 0.5) is 0 Å². The molecule has 0 unspecified atom stereocenters. The monoisotopic (exact) mass is 212 g/mol. The first kappa shape index (κ1) is 8.91. The van der Waals surface area contributed by atoms with Gasteiger partial charge in [-0.3, -0.25) is 0 Å². The van der Waals surface area contributed by atoms with Crippen LogP contribution in [0.1, 0.15) is 0 Å². The van der Waals surface area contributed by atoms with Gasteiger partial charge in [-0.25, -0.2) is 9.97 Å². The molecule has 0 bridgehead atoms. The summed E-state index contributed by atoms with van der Waals surface area (Å²) in [5.74, 6) is 1.69. The SMILES string of the molecule is c1ccc(-c2cnc(-c3cnco3)o2)cc1. The van der Waals surface area contributed by atoms with Gasteiger partial charge in [0.2, 0.25) is 5.76 Å². The van der Waals surface area contributed by atoms with Crippen LogP contribution >= 0.6 is 0 Å². The van der Waals surface area contributed by atoms with Crippen molar-refractivity contribution in [2.75, 3.05) is 0 Å². The van der Waals surface area contributed by atoms with Gasteiger partial charge in [0.1, 0.15) is 0 Å². The highest BCUT2D eigenvalue weighted by atomic mass is 16.4. The van der Waals surface area contributed by atoms with E-state index in [0.717, 1.165) is 5.56 Å². The van der Waals surface area contributed by atoms with Crippen LogP contribution in [0.2, 0.25) is 0 Å². The summed E-state index contributed by atoms with van der Waals surface area (Å²) >= 11 is 0. The van der Waals surface area contributed by atoms with Gasteiger partial charge in [0, 0.05) is 5.56 Å². The van der Waals surface area contributed by atoms with Crippen molar-refractivity contribution in [1.29, 1.82) is 0 Å². The minimum Gasteiger partial charge on any atom is -0.438 e. The minimum atomic E-state index is 0.441. The Morgan fingerprint density at radius 1 is 0.938 bits per heavy atom. The summed E-state index contributed by atoms with van der Waals surface area (Å²) in [6.07, 6.45) is 4.59. The fourth-order valence-corrected chi connectivity index (χ4v) is 1.45. The smallest absolute Gasteiger partial charge is 0.265 e. The highest BCUT2D eigenvalue weighted by molar-refractivity contribution is 5.58. The highest BCUT2D eigenvalue weighted by Gasteiger charge is 2.10. The molecule has 0 aliphatic carbocycles. The predicted molar refractivity (Wildman–Crippen MR) is 57.4 cm³/mol. The first-order valence-electron chi connectivity index (χ1n) is 4.83. The molecule has 0 radical (unpaired) electrons. The Balaban J connectivity index is 2.00. The van der Waals surface area contributed by atoms with E-state index in [1.807, 2.05) is 30.3 Å². The second kappa shape index (κ2) is 3.66. The Kier molecular flexibility index (Phi) is 2.04. The van der Waals surface area contributed by atoms with E-state index in [1.54, 1.807) is 12.4 Å². The number of hydrogen-bond donors (Lipinski definition) is 0. The Hall–Kier alpha value is -2.36. The van der Waals surface area contributed by atoms with E-state index in [9.17, 15) is 0 Å².